The molecule has 0 aromatic carbocycles. The molecule has 0 amide bonds. The first-order valence-electron chi connectivity index (χ1n) is 8.23. The summed E-state index contributed by atoms with van der Waals surface area (Å²) in [4.78, 5) is 0. The van der Waals surface area contributed by atoms with E-state index < -0.39 is 0 Å². The van der Waals surface area contributed by atoms with Crippen molar-refractivity contribution in [2.24, 2.45) is 11.8 Å². The van der Waals surface area contributed by atoms with Gasteiger partial charge in [0.15, 0.2) is 0 Å². The van der Waals surface area contributed by atoms with Crippen LogP contribution in [0.25, 0.3) is 0 Å². The molecule has 3 unspecified atom stereocenters. The van der Waals surface area contributed by atoms with Crippen LogP contribution in [-0.4, -0.2) is 12.6 Å². The van der Waals surface area contributed by atoms with E-state index in [1.807, 2.05) is 0 Å². The first-order chi connectivity index (χ1) is 8.81. The van der Waals surface area contributed by atoms with Crippen LogP contribution >= 0.6 is 0 Å². The van der Waals surface area contributed by atoms with E-state index in [1.54, 1.807) is 5.57 Å². The molecule has 0 saturated heterocycles. The summed E-state index contributed by atoms with van der Waals surface area (Å²) in [5.74, 6) is 1.85. The highest BCUT2D eigenvalue weighted by molar-refractivity contribution is 5.15. The van der Waals surface area contributed by atoms with Gasteiger partial charge in [-0.15, -0.1) is 0 Å². The van der Waals surface area contributed by atoms with Gasteiger partial charge in [-0.2, -0.15) is 0 Å². The SMILES string of the molecule is CCCNC(C1=CCCCC1)C1CCCC(C)C1. The van der Waals surface area contributed by atoms with Crippen molar-refractivity contribution in [1.82, 2.24) is 5.32 Å². The van der Waals surface area contributed by atoms with Gasteiger partial charge in [-0.3, -0.25) is 0 Å². The van der Waals surface area contributed by atoms with Crippen molar-refractivity contribution in [2.45, 2.75) is 77.7 Å². The summed E-state index contributed by atoms with van der Waals surface area (Å²) in [6.07, 6.45) is 15.1. The fourth-order valence-electron chi connectivity index (χ4n) is 3.83. The van der Waals surface area contributed by atoms with Crippen molar-refractivity contribution in [3.8, 4) is 0 Å². The Hall–Kier alpha value is -0.300. The van der Waals surface area contributed by atoms with Gasteiger partial charge in [0.1, 0.15) is 0 Å². The van der Waals surface area contributed by atoms with Crippen LogP contribution in [0.4, 0.5) is 0 Å². The Labute approximate surface area is 113 Å². The second-order valence-electron chi connectivity index (χ2n) is 6.49. The molecule has 1 fully saturated rings. The molecule has 0 bridgehead atoms. The monoisotopic (exact) mass is 249 g/mol. The molecule has 0 aromatic heterocycles. The Balaban J connectivity index is 2.00. The van der Waals surface area contributed by atoms with Crippen LogP contribution in [0, 0.1) is 11.8 Å². The summed E-state index contributed by atoms with van der Waals surface area (Å²) in [5, 5.41) is 3.86. The minimum Gasteiger partial charge on any atom is -0.310 e. The molecule has 3 atom stereocenters. The van der Waals surface area contributed by atoms with Crippen molar-refractivity contribution in [3.63, 3.8) is 0 Å². The van der Waals surface area contributed by atoms with Gasteiger partial charge in [-0.05, 0) is 63.3 Å². The third-order valence-corrected chi connectivity index (χ3v) is 4.79. The Morgan fingerprint density at radius 3 is 2.83 bits per heavy atom. The lowest BCUT2D eigenvalue weighted by atomic mass is 9.75. The molecule has 0 aromatic rings. The van der Waals surface area contributed by atoms with Gasteiger partial charge < -0.3 is 5.32 Å². The number of hydrogen-bond donors (Lipinski definition) is 1. The standard InChI is InChI=1S/C17H31N/c1-3-12-18-17(15-9-5-4-6-10-15)16-11-7-8-14(2)13-16/h9,14,16-18H,3-8,10-13H2,1-2H3. The quantitative estimate of drug-likeness (QED) is 0.698. The summed E-state index contributed by atoms with van der Waals surface area (Å²) >= 11 is 0. The molecule has 1 nitrogen and oxygen atoms in total. The zero-order chi connectivity index (χ0) is 12.8. The van der Waals surface area contributed by atoms with Crippen LogP contribution in [0.5, 0.6) is 0 Å². The van der Waals surface area contributed by atoms with Crippen LogP contribution < -0.4 is 5.32 Å². The van der Waals surface area contributed by atoms with Crippen molar-refractivity contribution in [2.75, 3.05) is 6.54 Å². The molecule has 104 valence electrons. The summed E-state index contributed by atoms with van der Waals surface area (Å²) in [7, 11) is 0. The van der Waals surface area contributed by atoms with E-state index in [0.717, 1.165) is 11.8 Å². The zero-order valence-corrected chi connectivity index (χ0v) is 12.4. The maximum atomic E-state index is 3.86. The van der Waals surface area contributed by atoms with Gasteiger partial charge in [-0.1, -0.05) is 38.3 Å². The first-order valence-corrected chi connectivity index (χ1v) is 8.23. The first kappa shape index (κ1) is 14.1. The second kappa shape index (κ2) is 7.33. The van der Waals surface area contributed by atoms with Crippen molar-refractivity contribution in [1.29, 1.82) is 0 Å². The van der Waals surface area contributed by atoms with Crippen LogP contribution in [0.2, 0.25) is 0 Å². The Morgan fingerprint density at radius 2 is 2.17 bits per heavy atom. The molecule has 0 radical (unpaired) electrons. The lowest BCUT2D eigenvalue weighted by molar-refractivity contribution is 0.236. The molecule has 0 aliphatic heterocycles. The summed E-state index contributed by atoms with van der Waals surface area (Å²) in [6.45, 7) is 5.91. The van der Waals surface area contributed by atoms with Gasteiger partial charge in [0, 0.05) is 6.04 Å². The lowest BCUT2D eigenvalue weighted by Gasteiger charge is -2.36. The third kappa shape index (κ3) is 3.85. The minimum absolute atomic E-state index is 0.702. The number of nitrogens with one attached hydrogen (secondary N) is 1. The molecule has 0 heterocycles. The molecule has 1 saturated carbocycles. The van der Waals surface area contributed by atoms with Gasteiger partial charge in [0.25, 0.3) is 0 Å². The number of rotatable bonds is 5. The molecule has 2 aliphatic carbocycles. The van der Waals surface area contributed by atoms with E-state index in [2.05, 4.69) is 25.2 Å². The van der Waals surface area contributed by atoms with Crippen molar-refractivity contribution in [3.05, 3.63) is 11.6 Å². The fourth-order valence-corrected chi connectivity index (χ4v) is 3.83. The maximum Gasteiger partial charge on any atom is 0.0307 e. The Bertz CT molecular complexity index is 269. The number of allylic oxidation sites excluding steroid dienone is 1. The highest BCUT2D eigenvalue weighted by Crippen LogP contribution is 2.35. The molecule has 2 rings (SSSR count). The van der Waals surface area contributed by atoms with Gasteiger partial charge in [0.2, 0.25) is 0 Å². The summed E-state index contributed by atoms with van der Waals surface area (Å²) in [5.41, 5.74) is 1.74. The average molecular weight is 249 g/mol. The van der Waals surface area contributed by atoms with E-state index in [1.165, 1.54) is 64.3 Å². The van der Waals surface area contributed by atoms with Crippen molar-refractivity contribution >= 4 is 0 Å². The Morgan fingerprint density at radius 1 is 1.28 bits per heavy atom. The molecule has 2 aliphatic rings. The second-order valence-corrected chi connectivity index (χ2v) is 6.49. The molecule has 18 heavy (non-hydrogen) atoms. The molecule has 1 heteroatoms. The number of hydrogen-bond acceptors (Lipinski definition) is 1. The normalized spacial score (nSPS) is 30.9. The van der Waals surface area contributed by atoms with Gasteiger partial charge >= 0.3 is 0 Å². The van der Waals surface area contributed by atoms with Crippen LogP contribution in [0.1, 0.15) is 71.6 Å². The van der Waals surface area contributed by atoms with E-state index in [0.29, 0.717) is 6.04 Å². The van der Waals surface area contributed by atoms with Crippen molar-refractivity contribution < 1.29 is 0 Å². The van der Waals surface area contributed by atoms with E-state index in [4.69, 9.17) is 0 Å². The predicted molar refractivity (Wildman–Crippen MR) is 79.8 cm³/mol. The smallest absolute Gasteiger partial charge is 0.0307 e. The topological polar surface area (TPSA) is 12.0 Å². The lowest BCUT2D eigenvalue weighted by Crippen LogP contribution is -2.40. The van der Waals surface area contributed by atoms with E-state index in [-0.39, 0.29) is 0 Å². The van der Waals surface area contributed by atoms with Gasteiger partial charge in [-0.25, -0.2) is 0 Å². The average Bonchev–Trinajstić information content (AvgIpc) is 2.40. The molecular weight excluding hydrogens is 218 g/mol. The minimum atomic E-state index is 0.702. The largest absolute Gasteiger partial charge is 0.310 e. The highest BCUT2D eigenvalue weighted by Gasteiger charge is 2.28. The van der Waals surface area contributed by atoms with E-state index >= 15 is 0 Å². The third-order valence-electron chi connectivity index (χ3n) is 4.79. The van der Waals surface area contributed by atoms with Crippen LogP contribution in [0.3, 0.4) is 0 Å². The predicted octanol–water partition coefficient (Wildman–Crippen LogP) is 4.68. The van der Waals surface area contributed by atoms with Crippen LogP contribution in [0.15, 0.2) is 11.6 Å². The zero-order valence-electron chi connectivity index (χ0n) is 12.4. The molecule has 0 spiro atoms. The van der Waals surface area contributed by atoms with Gasteiger partial charge in [0.05, 0.1) is 0 Å². The molecule has 1 N–H and O–H groups in total. The summed E-state index contributed by atoms with van der Waals surface area (Å²) in [6, 6.07) is 0.702. The van der Waals surface area contributed by atoms with E-state index in [9.17, 15) is 0 Å². The highest BCUT2D eigenvalue weighted by atomic mass is 14.9. The van der Waals surface area contributed by atoms with Crippen LogP contribution in [-0.2, 0) is 0 Å². The molecular formula is C17H31N. The Kier molecular flexibility index (Phi) is 5.75. The maximum absolute atomic E-state index is 3.86. The fraction of sp³-hybridized carbons (Fsp3) is 0.882. The summed E-state index contributed by atoms with van der Waals surface area (Å²) < 4.78 is 0.